The highest BCUT2D eigenvalue weighted by atomic mass is 32.2. The van der Waals surface area contributed by atoms with Gasteiger partial charge in [0.25, 0.3) is 0 Å². The van der Waals surface area contributed by atoms with Gasteiger partial charge in [0.15, 0.2) is 29.5 Å². The van der Waals surface area contributed by atoms with Crippen LogP contribution in [0.15, 0.2) is 91.0 Å². The Kier molecular flexibility index (Phi) is 6.98. The minimum Gasteiger partial charge on any atom is -0.228 e. The van der Waals surface area contributed by atoms with Crippen molar-refractivity contribution in [1.82, 2.24) is 0 Å². The quantitative estimate of drug-likeness (QED) is 0.283. The lowest BCUT2D eigenvalue weighted by atomic mass is 10.1. The molecule has 0 amide bonds. The van der Waals surface area contributed by atoms with Crippen LogP contribution in [-0.4, -0.2) is 25.3 Å². The Bertz CT molecular complexity index is 1730. The van der Waals surface area contributed by atoms with Crippen molar-refractivity contribution in [3.8, 4) is 0 Å². The number of rotatable bonds is 0. The lowest BCUT2D eigenvalue weighted by Crippen LogP contribution is -2.30. The molecule has 0 aromatic heterocycles. The van der Waals surface area contributed by atoms with E-state index in [-0.39, 0.29) is 34.5 Å². The third kappa shape index (κ3) is 5.79. The molecule has 4 aromatic carbocycles. The third-order valence-electron chi connectivity index (χ3n) is 7.10. The molecule has 4 bridgehead atoms. The molecule has 6 nitrogen and oxygen atoms in total. The molecule has 7 rings (SSSR count). The van der Waals surface area contributed by atoms with E-state index in [1.165, 1.54) is 0 Å². The number of hydrogen-bond acceptors (Lipinski definition) is 6. The van der Waals surface area contributed by atoms with E-state index in [1.807, 2.05) is 36.4 Å². The van der Waals surface area contributed by atoms with Crippen molar-refractivity contribution in [3.63, 3.8) is 0 Å². The van der Waals surface area contributed by atoms with E-state index in [9.17, 15) is 25.3 Å². The average molecular weight is 611 g/mol. The van der Waals surface area contributed by atoms with E-state index in [4.69, 9.17) is 0 Å². The molecule has 0 N–H and O–H groups in total. The smallest absolute Gasteiger partial charge is 0.158 e. The molecule has 3 aliphatic rings. The standard InChI is InChI=1S/C30H27O6PS3/c31-38(32)16-22-13-23-15-24(14-22)18-40(35,36)21-27-9-3-6-12-30(27)37(28-10-4-1-7-25(28)19-38)29-11-5-2-8-26(29)20-39(33,34)17-23/h1-15H,16-21H2. The van der Waals surface area contributed by atoms with E-state index in [0.29, 0.717) is 33.4 Å². The van der Waals surface area contributed by atoms with Gasteiger partial charge in [0.1, 0.15) is 0 Å². The van der Waals surface area contributed by atoms with Crippen LogP contribution in [0.2, 0.25) is 0 Å². The number of hydrogen-bond donors (Lipinski definition) is 0. The molecule has 0 spiro atoms. The molecule has 0 unspecified atom stereocenters. The van der Waals surface area contributed by atoms with Gasteiger partial charge in [0.2, 0.25) is 0 Å². The summed E-state index contributed by atoms with van der Waals surface area (Å²) in [5.74, 6) is -1.47. The molecule has 0 saturated heterocycles. The van der Waals surface area contributed by atoms with E-state index in [2.05, 4.69) is 0 Å². The topological polar surface area (TPSA) is 102 Å². The first kappa shape index (κ1) is 27.3. The van der Waals surface area contributed by atoms with Gasteiger partial charge in [-0.1, -0.05) is 91.0 Å². The molecule has 0 atom stereocenters. The monoisotopic (exact) mass is 610 g/mol. The molecule has 3 aliphatic heterocycles. The fraction of sp³-hybridized carbons (Fsp3) is 0.200. The van der Waals surface area contributed by atoms with E-state index >= 15 is 0 Å². The van der Waals surface area contributed by atoms with Gasteiger partial charge in [0.05, 0.1) is 34.5 Å². The Hall–Kier alpha value is -2.84. The van der Waals surface area contributed by atoms with Crippen molar-refractivity contribution >= 4 is 53.3 Å². The molecule has 0 radical (unpaired) electrons. The summed E-state index contributed by atoms with van der Waals surface area (Å²) in [4.78, 5) is 0. The minimum atomic E-state index is -3.69. The van der Waals surface area contributed by atoms with Gasteiger partial charge in [-0.3, -0.25) is 0 Å². The van der Waals surface area contributed by atoms with Gasteiger partial charge in [-0.25, -0.2) is 25.3 Å². The van der Waals surface area contributed by atoms with Gasteiger partial charge in [-0.2, -0.15) is 0 Å². The summed E-state index contributed by atoms with van der Waals surface area (Å²) >= 11 is 0. The van der Waals surface area contributed by atoms with Crippen LogP contribution < -0.4 is 15.9 Å². The minimum absolute atomic E-state index is 0.178. The van der Waals surface area contributed by atoms with Gasteiger partial charge >= 0.3 is 0 Å². The fourth-order valence-electron chi connectivity index (χ4n) is 5.66. The Labute approximate surface area is 236 Å². The van der Waals surface area contributed by atoms with Crippen molar-refractivity contribution in [2.75, 3.05) is 0 Å². The highest BCUT2D eigenvalue weighted by Gasteiger charge is 2.30. The molecule has 3 heterocycles. The lowest BCUT2D eigenvalue weighted by molar-refractivity contribution is 0.593. The summed E-state index contributed by atoms with van der Waals surface area (Å²) in [5.41, 5.74) is 3.09. The van der Waals surface area contributed by atoms with Crippen molar-refractivity contribution in [2.45, 2.75) is 34.5 Å². The summed E-state index contributed by atoms with van der Waals surface area (Å²) in [6.45, 7) is 0. The van der Waals surface area contributed by atoms with Gasteiger partial charge in [-0.15, -0.1) is 0 Å². The van der Waals surface area contributed by atoms with Gasteiger partial charge in [-0.05, 0) is 57.2 Å². The Morgan fingerprint density at radius 1 is 0.400 bits per heavy atom. The number of sulfone groups is 3. The molecule has 10 heteroatoms. The first-order valence-corrected chi connectivity index (χ1v) is 19.5. The predicted molar refractivity (Wildman–Crippen MR) is 161 cm³/mol. The van der Waals surface area contributed by atoms with Crippen LogP contribution >= 0.6 is 7.92 Å². The molecular formula is C30H27O6PS3. The second-order valence-electron chi connectivity index (χ2n) is 10.5. The van der Waals surface area contributed by atoms with E-state index < -0.39 is 37.4 Å². The summed E-state index contributed by atoms with van der Waals surface area (Å²) < 4.78 is 81.6. The summed E-state index contributed by atoms with van der Waals surface area (Å²) in [7, 11) is -12.6. The first-order valence-electron chi connectivity index (χ1n) is 12.7. The van der Waals surface area contributed by atoms with Crippen molar-refractivity contribution < 1.29 is 25.3 Å². The van der Waals surface area contributed by atoms with Crippen molar-refractivity contribution in [1.29, 1.82) is 0 Å². The molecule has 4 aromatic rings. The molecule has 40 heavy (non-hydrogen) atoms. The highest BCUT2D eigenvalue weighted by molar-refractivity contribution is 7.90. The van der Waals surface area contributed by atoms with Crippen LogP contribution in [0.5, 0.6) is 0 Å². The Morgan fingerprint density at radius 3 is 0.975 bits per heavy atom. The first-order chi connectivity index (χ1) is 19.0. The molecular weight excluding hydrogens is 583 g/mol. The second-order valence-corrected chi connectivity index (χ2v) is 18.8. The summed E-state index contributed by atoms with van der Waals surface area (Å²) in [6.07, 6.45) is 0. The normalized spacial score (nSPS) is 19.5. The van der Waals surface area contributed by atoms with Crippen LogP contribution in [0.4, 0.5) is 0 Å². The molecule has 0 saturated carbocycles. The van der Waals surface area contributed by atoms with Crippen LogP contribution in [0.1, 0.15) is 33.4 Å². The highest BCUT2D eigenvalue weighted by Crippen LogP contribution is 2.39. The van der Waals surface area contributed by atoms with Crippen molar-refractivity contribution in [3.05, 3.63) is 124 Å². The average Bonchev–Trinajstić information content (AvgIpc) is 2.84. The van der Waals surface area contributed by atoms with Crippen molar-refractivity contribution in [2.24, 2.45) is 0 Å². The number of benzene rings is 4. The molecule has 206 valence electrons. The maximum absolute atomic E-state index is 13.6. The summed E-state index contributed by atoms with van der Waals surface area (Å²) in [5, 5.41) is 2.33. The maximum Gasteiger partial charge on any atom is 0.158 e. The Morgan fingerprint density at radius 2 is 0.675 bits per heavy atom. The maximum atomic E-state index is 13.6. The predicted octanol–water partition coefficient (Wildman–Crippen LogP) is 3.42. The van der Waals surface area contributed by atoms with Gasteiger partial charge in [0, 0.05) is 0 Å². The SMILES string of the molecule is O=S1(=O)Cc2cc3cc(c2)CS(=O)(=O)Cc2ccccc2P(c2ccccc2C1)c1ccccc1CS(=O)(=O)C3. The third-order valence-corrected chi connectivity index (χ3v) is 14.4. The molecule has 0 aliphatic carbocycles. The van der Waals surface area contributed by atoms with Crippen LogP contribution in [0.25, 0.3) is 0 Å². The zero-order chi connectivity index (χ0) is 28.1. The lowest BCUT2D eigenvalue weighted by Gasteiger charge is -2.27. The van der Waals surface area contributed by atoms with E-state index in [1.54, 1.807) is 54.6 Å². The largest absolute Gasteiger partial charge is 0.228 e. The number of fused-ring (bicyclic) bond motifs is 6. The van der Waals surface area contributed by atoms with Crippen LogP contribution in [0, 0.1) is 0 Å². The summed E-state index contributed by atoms with van der Waals surface area (Å²) in [6, 6.07) is 26.8. The zero-order valence-electron chi connectivity index (χ0n) is 21.5. The fourth-order valence-corrected chi connectivity index (χ4v) is 13.3. The Balaban J connectivity index is 1.77. The van der Waals surface area contributed by atoms with E-state index in [0.717, 1.165) is 15.9 Å². The van der Waals surface area contributed by atoms with Gasteiger partial charge < -0.3 is 0 Å². The second kappa shape index (κ2) is 10.2. The van der Waals surface area contributed by atoms with Crippen LogP contribution in [-0.2, 0) is 64.0 Å². The van der Waals surface area contributed by atoms with Crippen LogP contribution in [0.3, 0.4) is 0 Å². The zero-order valence-corrected chi connectivity index (χ0v) is 24.9. The molecule has 0 fully saturated rings.